The second-order valence-electron chi connectivity index (χ2n) is 2.35. The highest BCUT2D eigenvalue weighted by molar-refractivity contribution is 7.06. The fourth-order valence-corrected chi connectivity index (χ4v) is 1.42. The van der Waals surface area contributed by atoms with Gasteiger partial charge in [-0.25, -0.2) is 0 Å². The summed E-state index contributed by atoms with van der Waals surface area (Å²) in [7, 11) is 0. The van der Waals surface area contributed by atoms with Crippen LogP contribution in [0.25, 0.3) is 0 Å². The van der Waals surface area contributed by atoms with E-state index in [1.807, 2.05) is 6.92 Å². The predicted octanol–water partition coefficient (Wildman–Crippen LogP) is 1.87. The number of aromatic nitrogens is 1. The third-order valence-corrected chi connectivity index (χ3v) is 2.41. The lowest BCUT2D eigenvalue weighted by molar-refractivity contribution is 0.459. The van der Waals surface area contributed by atoms with Gasteiger partial charge in [0.25, 0.3) is 0 Å². The summed E-state index contributed by atoms with van der Waals surface area (Å²) >= 11 is 1.25. The Balaban J connectivity index is 2.70. The molecule has 1 atom stereocenters. The molecule has 0 amide bonds. The van der Waals surface area contributed by atoms with Crippen molar-refractivity contribution in [2.75, 3.05) is 0 Å². The van der Waals surface area contributed by atoms with Crippen molar-refractivity contribution in [3.8, 4) is 11.9 Å². The molecule has 0 saturated heterocycles. The van der Waals surface area contributed by atoms with E-state index in [0.29, 0.717) is 6.42 Å². The Labute approximate surface area is 69.1 Å². The zero-order chi connectivity index (χ0) is 8.27. The van der Waals surface area contributed by atoms with Gasteiger partial charge in [0.1, 0.15) is 0 Å². The average Bonchev–Trinajstić information content (AvgIpc) is 2.36. The number of aromatic hydroxyl groups is 1. The summed E-state index contributed by atoms with van der Waals surface area (Å²) in [6.07, 6.45) is 0.474. The van der Waals surface area contributed by atoms with Gasteiger partial charge in [0, 0.05) is 23.3 Å². The van der Waals surface area contributed by atoms with E-state index in [1.165, 1.54) is 11.5 Å². The van der Waals surface area contributed by atoms with Crippen LogP contribution in [0.3, 0.4) is 0 Å². The zero-order valence-electron chi connectivity index (χ0n) is 6.11. The van der Waals surface area contributed by atoms with E-state index in [-0.39, 0.29) is 11.8 Å². The standard InChI is InChI=1S/C7H8N2OS/c1-5(2-3-8)6-4-7(10)9-11-6/h4-5H,2H2,1H3,(H,9,10)/t5-/m0/s1. The van der Waals surface area contributed by atoms with Gasteiger partial charge in [-0.05, 0) is 11.5 Å². The maximum Gasteiger partial charge on any atom is 0.222 e. The zero-order valence-corrected chi connectivity index (χ0v) is 6.93. The van der Waals surface area contributed by atoms with Crippen LogP contribution in [0.5, 0.6) is 5.88 Å². The normalized spacial score (nSPS) is 12.4. The monoisotopic (exact) mass is 168 g/mol. The van der Waals surface area contributed by atoms with Gasteiger partial charge in [0.15, 0.2) is 0 Å². The predicted molar refractivity (Wildman–Crippen MR) is 42.4 cm³/mol. The van der Waals surface area contributed by atoms with Gasteiger partial charge in [-0.15, -0.1) is 0 Å². The van der Waals surface area contributed by atoms with Crippen molar-refractivity contribution >= 4 is 11.5 Å². The Kier molecular flexibility index (Phi) is 2.44. The van der Waals surface area contributed by atoms with Crippen LogP contribution in [0.1, 0.15) is 24.1 Å². The maximum absolute atomic E-state index is 8.89. The van der Waals surface area contributed by atoms with E-state index in [1.54, 1.807) is 6.07 Å². The van der Waals surface area contributed by atoms with Gasteiger partial charge in [0.05, 0.1) is 6.07 Å². The lowest BCUT2D eigenvalue weighted by atomic mass is 10.1. The van der Waals surface area contributed by atoms with Crippen LogP contribution < -0.4 is 0 Å². The SMILES string of the molecule is C[C@@H](CC#N)c1cc(O)ns1. The van der Waals surface area contributed by atoms with E-state index in [2.05, 4.69) is 10.4 Å². The lowest BCUT2D eigenvalue weighted by Gasteiger charge is -1.99. The molecular formula is C7H8N2OS. The summed E-state index contributed by atoms with van der Waals surface area (Å²) in [5.74, 6) is 0.230. The van der Waals surface area contributed by atoms with Crippen LogP contribution in [0.15, 0.2) is 6.07 Å². The molecule has 11 heavy (non-hydrogen) atoms. The summed E-state index contributed by atoms with van der Waals surface area (Å²) in [5, 5.41) is 17.3. The first kappa shape index (κ1) is 8.02. The molecule has 1 aromatic rings. The molecule has 0 aliphatic rings. The van der Waals surface area contributed by atoms with Gasteiger partial charge in [-0.1, -0.05) is 6.92 Å². The van der Waals surface area contributed by atoms with Crippen LogP contribution in [-0.2, 0) is 0 Å². The quantitative estimate of drug-likeness (QED) is 0.733. The fourth-order valence-electron chi connectivity index (χ4n) is 0.749. The van der Waals surface area contributed by atoms with Crippen LogP contribution in [0, 0.1) is 11.3 Å². The van der Waals surface area contributed by atoms with E-state index < -0.39 is 0 Å². The Morgan fingerprint density at radius 3 is 3.09 bits per heavy atom. The molecule has 1 N–H and O–H groups in total. The third kappa shape index (κ3) is 1.92. The molecule has 0 radical (unpaired) electrons. The van der Waals surface area contributed by atoms with E-state index >= 15 is 0 Å². The van der Waals surface area contributed by atoms with Crippen LogP contribution in [0.4, 0.5) is 0 Å². The summed E-state index contributed by atoms with van der Waals surface area (Å²) in [4.78, 5) is 0.962. The maximum atomic E-state index is 8.89. The van der Waals surface area contributed by atoms with Crippen LogP contribution >= 0.6 is 11.5 Å². The van der Waals surface area contributed by atoms with Gasteiger partial charge in [-0.2, -0.15) is 9.64 Å². The van der Waals surface area contributed by atoms with E-state index in [9.17, 15) is 0 Å². The highest BCUT2D eigenvalue weighted by atomic mass is 32.1. The molecule has 3 nitrogen and oxygen atoms in total. The van der Waals surface area contributed by atoms with Crippen molar-refractivity contribution in [1.29, 1.82) is 5.26 Å². The van der Waals surface area contributed by atoms with E-state index in [0.717, 1.165) is 4.88 Å². The number of nitrogens with zero attached hydrogens (tertiary/aromatic N) is 2. The topological polar surface area (TPSA) is 56.9 Å². The molecule has 1 rings (SSSR count). The first-order valence-corrected chi connectivity index (χ1v) is 4.04. The number of hydrogen-bond acceptors (Lipinski definition) is 4. The molecule has 0 saturated carbocycles. The van der Waals surface area contributed by atoms with Crippen LogP contribution in [0.2, 0.25) is 0 Å². The second kappa shape index (κ2) is 3.35. The van der Waals surface area contributed by atoms with Crippen molar-refractivity contribution in [3.63, 3.8) is 0 Å². The molecule has 0 unspecified atom stereocenters. The Bertz CT molecular complexity index is 276. The third-order valence-electron chi connectivity index (χ3n) is 1.40. The van der Waals surface area contributed by atoms with Crippen LogP contribution in [-0.4, -0.2) is 9.48 Å². The van der Waals surface area contributed by atoms with Gasteiger partial charge < -0.3 is 5.11 Å². The molecule has 0 aromatic carbocycles. The first-order valence-electron chi connectivity index (χ1n) is 3.26. The smallest absolute Gasteiger partial charge is 0.222 e. The molecule has 1 aromatic heterocycles. The molecule has 58 valence electrons. The summed E-state index contributed by atoms with van der Waals surface area (Å²) in [6.45, 7) is 1.94. The van der Waals surface area contributed by atoms with Gasteiger partial charge in [-0.3, -0.25) is 0 Å². The van der Waals surface area contributed by atoms with Gasteiger partial charge >= 0.3 is 0 Å². The molecule has 0 spiro atoms. The van der Waals surface area contributed by atoms with Crippen molar-refractivity contribution in [2.24, 2.45) is 0 Å². The van der Waals surface area contributed by atoms with Crippen molar-refractivity contribution in [2.45, 2.75) is 19.3 Å². The van der Waals surface area contributed by atoms with Crippen molar-refractivity contribution in [3.05, 3.63) is 10.9 Å². The number of hydrogen-bond donors (Lipinski definition) is 1. The Morgan fingerprint density at radius 2 is 2.64 bits per heavy atom. The molecule has 4 heteroatoms. The highest BCUT2D eigenvalue weighted by Gasteiger charge is 2.08. The van der Waals surface area contributed by atoms with Crippen molar-refractivity contribution in [1.82, 2.24) is 4.37 Å². The number of nitriles is 1. The summed E-state index contributed by atoms with van der Waals surface area (Å²) in [6, 6.07) is 3.68. The Morgan fingerprint density at radius 1 is 1.91 bits per heavy atom. The molecule has 0 bridgehead atoms. The molecule has 1 heterocycles. The largest absolute Gasteiger partial charge is 0.493 e. The summed E-state index contributed by atoms with van der Waals surface area (Å²) < 4.78 is 3.71. The van der Waals surface area contributed by atoms with Crippen molar-refractivity contribution < 1.29 is 5.11 Å². The minimum atomic E-state index is 0.0507. The minimum absolute atomic E-state index is 0.0507. The van der Waals surface area contributed by atoms with Gasteiger partial charge in [0.2, 0.25) is 5.88 Å². The first-order chi connectivity index (χ1) is 5.24. The average molecular weight is 168 g/mol. The van der Waals surface area contributed by atoms with E-state index in [4.69, 9.17) is 10.4 Å². The Hall–Kier alpha value is -1.08. The molecule has 0 fully saturated rings. The summed E-state index contributed by atoms with van der Waals surface area (Å²) in [5.41, 5.74) is 0. The number of rotatable bonds is 2. The minimum Gasteiger partial charge on any atom is -0.493 e. The molecule has 0 aliphatic heterocycles. The molecule has 0 aliphatic carbocycles. The fraction of sp³-hybridized carbons (Fsp3) is 0.429. The lowest BCUT2D eigenvalue weighted by Crippen LogP contribution is -1.86. The molecular weight excluding hydrogens is 160 g/mol. The highest BCUT2D eigenvalue weighted by Crippen LogP contribution is 2.25. The second-order valence-corrected chi connectivity index (χ2v) is 3.19.